The van der Waals surface area contributed by atoms with Crippen LogP contribution < -0.4 is 5.32 Å². The number of carbonyl (C=O) groups excluding carboxylic acids is 1. The van der Waals surface area contributed by atoms with Gasteiger partial charge in [0.2, 0.25) is 0 Å². The molecule has 112 valence electrons. The Bertz CT molecular complexity index is 684. The summed E-state index contributed by atoms with van der Waals surface area (Å²) in [5.41, 5.74) is 5.45. The van der Waals surface area contributed by atoms with E-state index in [0.29, 0.717) is 11.5 Å². The number of carbonyl (C=O) groups is 1. The SMILES string of the molecule is Cc1cccc(C(C)C)c1NC(=O)c1c(C)nn(C)c1C. The van der Waals surface area contributed by atoms with Crippen LogP contribution in [-0.4, -0.2) is 15.7 Å². The van der Waals surface area contributed by atoms with Gasteiger partial charge in [0.1, 0.15) is 0 Å². The van der Waals surface area contributed by atoms with E-state index in [1.807, 2.05) is 40.0 Å². The maximum atomic E-state index is 12.6. The van der Waals surface area contributed by atoms with Crippen molar-refractivity contribution < 1.29 is 4.79 Å². The molecule has 0 radical (unpaired) electrons. The number of benzene rings is 1. The lowest BCUT2D eigenvalue weighted by Gasteiger charge is -2.16. The molecule has 1 aromatic heterocycles. The molecule has 0 bridgehead atoms. The largest absolute Gasteiger partial charge is 0.321 e. The summed E-state index contributed by atoms with van der Waals surface area (Å²) in [6, 6.07) is 6.11. The molecule has 0 aliphatic carbocycles. The second-order valence-electron chi connectivity index (χ2n) is 5.82. The lowest BCUT2D eigenvalue weighted by atomic mass is 9.98. The molecule has 0 unspecified atom stereocenters. The minimum Gasteiger partial charge on any atom is -0.321 e. The first-order valence-corrected chi connectivity index (χ1v) is 7.24. The highest BCUT2D eigenvalue weighted by Crippen LogP contribution is 2.28. The van der Waals surface area contributed by atoms with Crippen LogP contribution in [0, 0.1) is 20.8 Å². The van der Waals surface area contributed by atoms with Crippen LogP contribution in [0.3, 0.4) is 0 Å². The highest BCUT2D eigenvalue weighted by Gasteiger charge is 2.19. The zero-order chi connectivity index (χ0) is 15.7. The van der Waals surface area contributed by atoms with Crippen LogP contribution in [-0.2, 0) is 7.05 Å². The quantitative estimate of drug-likeness (QED) is 0.934. The van der Waals surface area contributed by atoms with Crippen LogP contribution in [0.2, 0.25) is 0 Å². The molecule has 0 saturated carbocycles. The summed E-state index contributed by atoms with van der Waals surface area (Å²) >= 11 is 0. The van der Waals surface area contributed by atoms with Gasteiger partial charge in [0.05, 0.1) is 11.3 Å². The van der Waals surface area contributed by atoms with E-state index < -0.39 is 0 Å². The normalized spacial score (nSPS) is 11.0. The van der Waals surface area contributed by atoms with Crippen LogP contribution in [0.25, 0.3) is 0 Å². The average molecular weight is 285 g/mol. The number of aromatic nitrogens is 2. The van der Waals surface area contributed by atoms with E-state index in [0.717, 1.165) is 28.2 Å². The van der Waals surface area contributed by atoms with Crippen molar-refractivity contribution in [3.63, 3.8) is 0 Å². The van der Waals surface area contributed by atoms with Gasteiger partial charge in [-0.15, -0.1) is 0 Å². The van der Waals surface area contributed by atoms with Gasteiger partial charge in [-0.1, -0.05) is 32.0 Å². The Labute approximate surface area is 126 Å². The maximum absolute atomic E-state index is 12.6. The van der Waals surface area contributed by atoms with Gasteiger partial charge < -0.3 is 5.32 Å². The summed E-state index contributed by atoms with van der Waals surface area (Å²) in [6.07, 6.45) is 0. The van der Waals surface area contributed by atoms with Gasteiger partial charge in [0.25, 0.3) is 5.91 Å². The topological polar surface area (TPSA) is 46.9 Å². The second kappa shape index (κ2) is 5.72. The zero-order valence-electron chi connectivity index (χ0n) is 13.6. The standard InChI is InChI=1S/C17H23N3O/c1-10(2)14-9-7-8-11(3)16(14)18-17(21)15-12(4)19-20(6)13(15)5/h7-10H,1-6H3,(H,18,21). The highest BCUT2D eigenvalue weighted by atomic mass is 16.1. The van der Waals surface area contributed by atoms with Crippen molar-refractivity contribution >= 4 is 11.6 Å². The van der Waals surface area contributed by atoms with Crippen molar-refractivity contribution in [3.05, 3.63) is 46.3 Å². The molecule has 1 aromatic carbocycles. The lowest BCUT2D eigenvalue weighted by molar-refractivity contribution is 0.102. The fraction of sp³-hybridized carbons (Fsp3) is 0.412. The Kier molecular flexibility index (Phi) is 4.16. The molecule has 4 heteroatoms. The third-order valence-electron chi connectivity index (χ3n) is 3.90. The summed E-state index contributed by atoms with van der Waals surface area (Å²) in [4.78, 5) is 12.6. The summed E-state index contributed by atoms with van der Waals surface area (Å²) < 4.78 is 1.74. The highest BCUT2D eigenvalue weighted by molar-refractivity contribution is 6.06. The van der Waals surface area contributed by atoms with Crippen LogP contribution in [0.4, 0.5) is 5.69 Å². The molecule has 4 nitrogen and oxygen atoms in total. The number of nitrogens with one attached hydrogen (secondary N) is 1. The van der Waals surface area contributed by atoms with Gasteiger partial charge in [-0.25, -0.2) is 0 Å². The molecule has 1 N–H and O–H groups in total. The van der Waals surface area contributed by atoms with Crippen LogP contribution in [0.5, 0.6) is 0 Å². The number of amides is 1. The molecule has 1 heterocycles. The van der Waals surface area contributed by atoms with Gasteiger partial charge in [-0.3, -0.25) is 9.48 Å². The van der Waals surface area contributed by atoms with Gasteiger partial charge in [-0.2, -0.15) is 5.10 Å². The summed E-state index contributed by atoms with van der Waals surface area (Å²) in [6.45, 7) is 10.1. The van der Waals surface area contributed by atoms with Crippen molar-refractivity contribution in [2.24, 2.45) is 7.05 Å². The van der Waals surface area contributed by atoms with Crippen molar-refractivity contribution in [1.82, 2.24) is 9.78 Å². The van der Waals surface area contributed by atoms with Gasteiger partial charge in [0.15, 0.2) is 0 Å². The monoisotopic (exact) mass is 285 g/mol. The predicted molar refractivity (Wildman–Crippen MR) is 85.9 cm³/mol. The Hall–Kier alpha value is -2.10. The summed E-state index contributed by atoms with van der Waals surface area (Å²) in [7, 11) is 1.85. The van der Waals surface area contributed by atoms with E-state index in [1.54, 1.807) is 4.68 Å². The molecule has 2 rings (SSSR count). The van der Waals surface area contributed by atoms with E-state index in [2.05, 4.69) is 30.3 Å². The third-order valence-corrected chi connectivity index (χ3v) is 3.90. The number of para-hydroxylation sites is 1. The molecule has 0 atom stereocenters. The second-order valence-corrected chi connectivity index (χ2v) is 5.82. The molecule has 21 heavy (non-hydrogen) atoms. The van der Waals surface area contributed by atoms with E-state index in [-0.39, 0.29) is 5.91 Å². The molecular formula is C17H23N3O. The molecule has 2 aromatic rings. The molecule has 0 spiro atoms. The molecule has 0 fully saturated rings. The van der Waals surface area contributed by atoms with Crippen molar-refractivity contribution in [2.75, 3.05) is 5.32 Å². The average Bonchev–Trinajstić information content (AvgIpc) is 2.65. The zero-order valence-corrected chi connectivity index (χ0v) is 13.6. The number of nitrogens with zero attached hydrogens (tertiary/aromatic N) is 2. The third kappa shape index (κ3) is 2.84. The van der Waals surface area contributed by atoms with Gasteiger partial charge in [-0.05, 0) is 37.8 Å². The van der Waals surface area contributed by atoms with Crippen LogP contribution >= 0.6 is 0 Å². The van der Waals surface area contributed by atoms with E-state index in [4.69, 9.17) is 0 Å². The predicted octanol–water partition coefficient (Wildman–Crippen LogP) is 3.72. The Morgan fingerprint density at radius 2 is 1.90 bits per heavy atom. The van der Waals surface area contributed by atoms with Crippen molar-refractivity contribution in [2.45, 2.75) is 40.5 Å². The lowest BCUT2D eigenvalue weighted by Crippen LogP contribution is -2.16. The first-order valence-electron chi connectivity index (χ1n) is 7.24. The molecule has 0 aliphatic rings. The number of anilines is 1. The van der Waals surface area contributed by atoms with Crippen LogP contribution in [0.15, 0.2) is 18.2 Å². The number of hydrogen-bond acceptors (Lipinski definition) is 2. The summed E-state index contributed by atoms with van der Waals surface area (Å²) in [5, 5.41) is 7.39. The first kappa shape index (κ1) is 15.3. The van der Waals surface area contributed by atoms with Crippen LogP contribution in [0.1, 0.15) is 52.6 Å². The Morgan fingerprint density at radius 1 is 1.24 bits per heavy atom. The van der Waals surface area contributed by atoms with Gasteiger partial charge in [0, 0.05) is 18.4 Å². The minimum atomic E-state index is -0.0886. The summed E-state index contributed by atoms with van der Waals surface area (Å²) in [5.74, 6) is 0.269. The molecule has 1 amide bonds. The van der Waals surface area contributed by atoms with Crippen molar-refractivity contribution in [3.8, 4) is 0 Å². The minimum absolute atomic E-state index is 0.0886. The van der Waals surface area contributed by atoms with Gasteiger partial charge >= 0.3 is 0 Å². The Morgan fingerprint density at radius 3 is 2.43 bits per heavy atom. The smallest absolute Gasteiger partial charge is 0.259 e. The van der Waals surface area contributed by atoms with Crippen molar-refractivity contribution in [1.29, 1.82) is 0 Å². The molecular weight excluding hydrogens is 262 g/mol. The fourth-order valence-electron chi connectivity index (χ4n) is 2.62. The number of rotatable bonds is 3. The maximum Gasteiger partial charge on any atom is 0.259 e. The van der Waals surface area contributed by atoms with E-state index in [9.17, 15) is 4.79 Å². The van der Waals surface area contributed by atoms with E-state index >= 15 is 0 Å². The molecule has 0 saturated heterocycles. The fourth-order valence-corrected chi connectivity index (χ4v) is 2.62. The number of hydrogen-bond donors (Lipinski definition) is 1. The Balaban J connectivity index is 2.41. The molecule has 0 aliphatic heterocycles. The van der Waals surface area contributed by atoms with E-state index in [1.165, 1.54) is 0 Å². The first-order chi connectivity index (χ1) is 9.82. The number of aryl methyl sites for hydroxylation is 3.